The fourth-order valence-corrected chi connectivity index (χ4v) is 3.22. The minimum atomic E-state index is -0.199. The van der Waals surface area contributed by atoms with Gasteiger partial charge in [0.2, 0.25) is 5.82 Å². The Morgan fingerprint density at radius 3 is 2.96 bits per heavy atom. The van der Waals surface area contributed by atoms with E-state index in [1.165, 1.54) is 4.52 Å². The molecule has 1 unspecified atom stereocenters. The number of hydrogen-bond acceptors (Lipinski definition) is 6. The van der Waals surface area contributed by atoms with Crippen LogP contribution in [-0.2, 0) is 6.42 Å². The third kappa shape index (κ3) is 3.16. The molecule has 8 heteroatoms. The van der Waals surface area contributed by atoms with Crippen LogP contribution >= 0.6 is 0 Å². The summed E-state index contributed by atoms with van der Waals surface area (Å²) in [5.74, 6) is 0.317. The van der Waals surface area contributed by atoms with Gasteiger partial charge < -0.3 is 15.3 Å². The van der Waals surface area contributed by atoms with Crippen LogP contribution in [0.1, 0.15) is 27.8 Å². The maximum absolute atomic E-state index is 13.1. The van der Waals surface area contributed by atoms with E-state index in [0.717, 1.165) is 17.7 Å². The molecule has 1 aliphatic rings. The number of rotatable bonds is 4. The highest BCUT2D eigenvalue weighted by atomic mass is 16.3. The molecule has 1 fully saturated rings. The van der Waals surface area contributed by atoms with Gasteiger partial charge in [-0.15, -0.1) is 5.10 Å². The van der Waals surface area contributed by atoms with Crippen molar-refractivity contribution in [2.24, 2.45) is 0 Å². The Balaban J connectivity index is 1.64. The molecule has 3 heterocycles. The largest absolute Gasteiger partial charge is 0.396 e. The number of carbonyl (C=O) groups excluding carboxylic acids is 1. The van der Waals surface area contributed by atoms with Gasteiger partial charge in [-0.25, -0.2) is 9.50 Å². The summed E-state index contributed by atoms with van der Waals surface area (Å²) < 4.78 is 1.50. The first kappa shape index (κ1) is 16.6. The number of hydrogen-bond donors (Lipinski definition) is 2. The quantitative estimate of drug-likeness (QED) is 0.708. The summed E-state index contributed by atoms with van der Waals surface area (Å²) in [6.07, 6.45) is 3.88. The van der Waals surface area contributed by atoms with Gasteiger partial charge in [-0.05, 0) is 17.5 Å². The van der Waals surface area contributed by atoms with Gasteiger partial charge in [-0.2, -0.15) is 4.98 Å². The van der Waals surface area contributed by atoms with E-state index in [4.69, 9.17) is 5.11 Å². The molecule has 0 saturated carbocycles. The molecular weight excluding hydrogens is 332 g/mol. The van der Waals surface area contributed by atoms with Crippen LogP contribution in [0.3, 0.4) is 0 Å². The zero-order valence-electron chi connectivity index (χ0n) is 14.2. The van der Waals surface area contributed by atoms with E-state index in [2.05, 4.69) is 20.4 Å². The van der Waals surface area contributed by atoms with Crippen LogP contribution in [0.5, 0.6) is 0 Å². The van der Waals surface area contributed by atoms with E-state index in [1.54, 1.807) is 12.4 Å². The molecule has 1 aromatic carbocycles. The topological polar surface area (TPSA) is 95.6 Å². The Hall–Kier alpha value is -2.84. The molecule has 0 radical (unpaired) electrons. The van der Waals surface area contributed by atoms with Gasteiger partial charge >= 0.3 is 0 Å². The van der Waals surface area contributed by atoms with Crippen molar-refractivity contribution in [1.82, 2.24) is 29.8 Å². The average molecular weight is 352 g/mol. The van der Waals surface area contributed by atoms with Crippen LogP contribution < -0.4 is 5.32 Å². The summed E-state index contributed by atoms with van der Waals surface area (Å²) in [6, 6.07) is 9.91. The second-order valence-corrected chi connectivity index (χ2v) is 6.24. The summed E-state index contributed by atoms with van der Waals surface area (Å²) in [6.45, 7) is 2.06. The SMILES string of the molecule is O=C(c1nc2ncc(CCO)cn2n1)N1CCNCC1c1ccccc1. The molecule has 26 heavy (non-hydrogen) atoms. The van der Waals surface area contributed by atoms with Gasteiger partial charge in [-0.3, -0.25) is 4.79 Å². The Morgan fingerprint density at radius 2 is 2.15 bits per heavy atom. The Morgan fingerprint density at radius 1 is 1.31 bits per heavy atom. The molecule has 2 aromatic heterocycles. The molecule has 1 saturated heterocycles. The summed E-state index contributed by atoms with van der Waals surface area (Å²) in [7, 11) is 0. The van der Waals surface area contributed by atoms with Crippen molar-refractivity contribution < 1.29 is 9.90 Å². The lowest BCUT2D eigenvalue weighted by Gasteiger charge is -2.35. The first-order chi connectivity index (χ1) is 12.8. The average Bonchev–Trinajstić information content (AvgIpc) is 3.12. The van der Waals surface area contributed by atoms with Crippen molar-refractivity contribution in [3.05, 3.63) is 59.7 Å². The molecule has 1 aliphatic heterocycles. The molecule has 0 bridgehead atoms. The standard InChI is InChI=1S/C18H20N6O2/c25-9-6-13-10-20-18-21-16(22-24(18)12-13)17(26)23-8-7-19-11-15(23)14-4-2-1-3-5-14/h1-5,10,12,15,19,25H,6-9,11H2. The molecule has 3 aromatic rings. The molecule has 0 aliphatic carbocycles. The molecule has 4 rings (SSSR count). The lowest BCUT2D eigenvalue weighted by atomic mass is 10.0. The van der Waals surface area contributed by atoms with Crippen LogP contribution in [0.2, 0.25) is 0 Å². The molecule has 0 spiro atoms. The molecule has 134 valence electrons. The predicted octanol–water partition coefficient (Wildman–Crippen LogP) is 0.446. The number of amides is 1. The Labute approximate surface area is 150 Å². The molecule has 1 atom stereocenters. The van der Waals surface area contributed by atoms with E-state index >= 15 is 0 Å². The summed E-state index contributed by atoms with van der Waals surface area (Å²) in [5.41, 5.74) is 1.92. The second kappa shape index (κ2) is 7.19. The van der Waals surface area contributed by atoms with E-state index in [9.17, 15) is 4.79 Å². The third-order valence-electron chi connectivity index (χ3n) is 4.53. The van der Waals surface area contributed by atoms with Crippen molar-refractivity contribution in [2.75, 3.05) is 26.2 Å². The minimum Gasteiger partial charge on any atom is -0.396 e. The second-order valence-electron chi connectivity index (χ2n) is 6.24. The highest BCUT2D eigenvalue weighted by Crippen LogP contribution is 2.23. The van der Waals surface area contributed by atoms with Crippen LogP contribution in [0, 0.1) is 0 Å². The van der Waals surface area contributed by atoms with E-state index in [1.807, 2.05) is 35.2 Å². The number of aromatic nitrogens is 4. The number of fused-ring (bicyclic) bond motifs is 1. The number of aliphatic hydroxyl groups is 1. The van der Waals surface area contributed by atoms with Gasteiger partial charge in [-0.1, -0.05) is 30.3 Å². The van der Waals surface area contributed by atoms with Crippen molar-refractivity contribution >= 4 is 11.7 Å². The number of aliphatic hydroxyl groups excluding tert-OH is 1. The summed E-state index contributed by atoms with van der Waals surface area (Å²) >= 11 is 0. The van der Waals surface area contributed by atoms with Gasteiger partial charge in [0.1, 0.15) is 0 Å². The number of piperazine rings is 1. The maximum Gasteiger partial charge on any atom is 0.294 e. The number of carbonyl (C=O) groups is 1. The van der Waals surface area contributed by atoms with E-state index in [-0.39, 0.29) is 24.4 Å². The molecular formula is C18H20N6O2. The fraction of sp³-hybridized carbons (Fsp3) is 0.333. The number of nitrogens with zero attached hydrogens (tertiary/aromatic N) is 5. The van der Waals surface area contributed by atoms with E-state index in [0.29, 0.717) is 25.3 Å². The number of benzene rings is 1. The normalized spacial score (nSPS) is 17.6. The zero-order chi connectivity index (χ0) is 17.9. The van der Waals surface area contributed by atoms with Gasteiger partial charge in [0.15, 0.2) is 0 Å². The zero-order valence-corrected chi connectivity index (χ0v) is 14.2. The van der Waals surface area contributed by atoms with Crippen molar-refractivity contribution in [3.8, 4) is 0 Å². The predicted molar refractivity (Wildman–Crippen MR) is 94.7 cm³/mol. The lowest BCUT2D eigenvalue weighted by Crippen LogP contribution is -2.49. The highest BCUT2D eigenvalue weighted by molar-refractivity contribution is 5.91. The van der Waals surface area contributed by atoms with E-state index < -0.39 is 0 Å². The summed E-state index contributed by atoms with van der Waals surface area (Å²) in [4.78, 5) is 23.4. The minimum absolute atomic E-state index is 0.0349. The Bertz CT molecular complexity index is 910. The maximum atomic E-state index is 13.1. The smallest absolute Gasteiger partial charge is 0.294 e. The van der Waals surface area contributed by atoms with Crippen LogP contribution in [0.25, 0.3) is 5.78 Å². The van der Waals surface area contributed by atoms with Crippen molar-refractivity contribution in [1.29, 1.82) is 0 Å². The first-order valence-electron chi connectivity index (χ1n) is 8.65. The number of nitrogens with one attached hydrogen (secondary N) is 1. The van der Waals surface area contributed by atoms with Gasteiger partial charge in [0, 0.05) is 38.6 Å². The third-order valence-corrected chi connectivity index (χ3v) is 4.53. The first-order valence-corrected chi connectivity index (χ1v) is 8.65. The van der Waals surface area contributed by atoms with Crippen LogP contribution in [-0.4, -0.2) is 61.7 Å². The lowest BCUT2D eigenvalue weighted by molar-refractivity contribution is 0.0622. The van der Waals surface area contributed by atoms with Crippen LogP contribution in [0.15, 0.2) is 42.7 Å². The molecule has 8 nitrogen and oxygen atoms in total. The fourth-order valence-electron chi connectivity index (χ4n) is 3.22. The van der Waals surface area contributed by atoms with Crippen LogP contribution in [0.4, 0.5) is 0 Å². The van der Waals surface area contributed by atoms with Gasteiger partial charge in [0.05, 0.1) is 6.04 Å². The van der Waals surface area contributed by atoms with Crippen molar-refractivity contribution in [2.45, 2.75) is 12.5 Å². The van der Waals surface area contributed by atoms with Gasteiger partial charge in [0.25, 0.3) is 11.7 Å². The van der Waals surface area contributed by atoms with Crippen molar-refractivity contribution in [3.63, 3.8) is 0 Å². The monoisotopic (exact) mass is 352 g/mol. The molecule has 1 amide bonds. The summed E-state index contributed by atoms with van der Waals surface area (Å²) in [5, 5.41) is 16.7. The Kier molecular flexibility index (Phi) is 4.59. The highest BCUT2D eigenvalue weighted by Gasteiger charge is 2.30. The molecule has 2 N–H and O–H groups in total.